The van der Waals surface area contributed by atoms with Crippen LogP contribution in [0, 0.1) is 6.92 Å². The van der Waals surface area contributed by atoms with Gasteiger partial charge in [-0.15, -0.1) is 0 Å². The number of fused-ring (bicyclic) bond motifs is 1. The quantitative estimate of drug-likeness (QED) is 0.606. The van der Waals surface area contributed by atoms with Crippen molar-refractivity contribution in [2.24, 2.45) is 0 Å². The molecule has 2 aromatic carbocycles. The Hall–Kier alpha value is -2.55. The van der Waals surface area contributed by atoms with Crippen LogP contribution in [0.4, 0.5) is 0 Å². The van der Waals surface area contributed by atoms with Crippen LogP contribution in [0.25, 0.3) is 11.0 Å². The van der Waals surface area contributed by atoms with E-state index < -0.39 is 5.97 Å². The minimum Gasteiger partial charge on any atom is -0.455 e. The Morgan fingerprint density at radius 1 is 1.04 bits per heavy atom. The van der Waals surface area contributed by atoms with Gasteiger partial charge in [0.1, 0.15) is 12.2 Å². The van der Waals surface area contributed by atoms with E-state index in [-0.39, 0.29) is 17.8 Å². The van der Waals surface area contributed by atoms with Gasteiger partial charge in [-0.1, -0.05) is 63.2 Å². The Balaban J connectivity index is 1.72. The molecule has 0 saturated carbocycles. The summed E-state index contributed by atoms with van der Waals surface area (Å²) in [4.78, 5) is 12.3. The van der Waals surface area contributed by atoms with Gasteiger partial charge in [-0.2, -0.15) is 0 Å². The molecule has 0 radical (unpaired) electrons. The average molecular weight is 322 g/mol. The molecule has 0 saturated heterocycles. The van der Waals surface area contributed by atoms with Gasteiger partial charge in [0, 0.05) is 10.9 Å². The van der Waals surface area contributed by atoms with Crippen molar-refractivity contribution in [2.45, 2.75) is 39.7 Å². The molecule has 0 fully saturated rings. The molecule has 0 spiro atoms. The standard InChI is InChI=1S/C21H22O3/c1-14-17-7-5-6-8-18(17)24-19(14)20(22)23-13-15-9-11-16(12-10-15)21(2,3)4/h5-12H,13H2,1-4H3. The molecule has 0 N–H and O–H groups in total. The molecule has 24 heavy (non-hydrogen) atoms. The van der Waals surface area contributed by atoms with Crippen molar-refractivity contribution in [3.63, 3.8) is 0 Å². The maximum atomic E-state index is 12.3. The molecule has 0 aliphatic heterocycles. The maximum absolute atomic E-state index is 12.3. The van der Waals surface area contributed by atoms with Gasteiger partial charge in [-0.25, -0.2) is 4.79 Å². The molecule has 3 rings (SSSR count). The van der Waals surface area contributed by atoms with Gasteiger partial charge in [0.05, 0.1) is 0 Å². The van der Waals surface area contributed by atoms with Crippen molar-refractivity contribution in [3.05, 3.63) is 71.0 Å². The lowest BCUT2D eigenvalue weighted by molar-refractivity contribution is 0.0437. The van der Waals surface area contributed by atoms with Crippen LogP contribution in [0.15, 0.2) is 52.9 Å². The Labute approximate surface area is 142 Å². The Bertz CT molecular complexity index is 864. The number of carbonyl (C=O) groups excluding carboxylic acids is 1. The molecule has 3 heteroatoms. The van der Waals surface area contributed by atoms with Crippen LogP contribution in [-0.4, -0.2) is 5.97 Å². The number of hydrogen-bond donors (Lipinski definition) is 0. The predicted molar refractivity (Wildman–Crippen MR) is 95.2 cm³/mol. The van der Waals surface area contributed by atoms with Crippen LogP contribution >= 0.6 is 0 Å². The minimum atomic E-state index is -0.427. The highest BCUT2D eigenvalue weighted by Crippen LogP contribution is 2.26. The SMILES string of the molecule is Cc1c(C(=O)OCc2ccc(C(C)(C)C)cc2)oc2ccccc12. The summed E-state index contributed by atoms with van der Waals surface area (Å²) in [6, 6.07) is 15.8. The van der Waals surface area contributed by atoms with Crippen molar-refractivity contribution in [3.8, 4) is 0 Å². The van der Waals surface area contributed by atoms with Crippen molar-refractivity contribution in [2.75, 3.05) is 0 Å². The van der Waals surface area contributed by atoms with Gasteiger partial charge < -0.3 is 9.15 Å². The normalized spacial score (nSPS) is 11.7. The van der Waals surface area contributed by atoms with E-state index in [1.807, 2.05) is 43.3 Å². The first-order valence-corrected chi connectivity index (χ1v) is 8.11. The van der Waals surface area contributed by atoms with E-state index in [9.17, 15) is 4.79 Å². The molecule has 0 aliphatic carbocycles. The molecular weight excluding hydrogens is 300 g/mol. The molecule has 0 amide bonds. The van der Waals surface area contributed by atoms with Crippen LogP contribution in [0.2, 0.25) is 0 Å². The van der Waals surface area contributed by atoms with Crippen LogP contribution in [-0.2, 0) is 16.8 Å². The number of benzene rings is 2. The zero-order chi connectivity index (χ0) is 17.3. The third kappa shape index (κ3) is 3.21. The summed E-state index contributed by atoms with van der Waals surface area (Å²) in [7, 11) is 0. The predicted octanol–water partition coefficient (Wildman–Crippen LogP) is 5.40. The van der Waals surface area contributed by atoms with E-state index in [1.54, 1.807) is 0 Å². The topological polar surface area (TPSA) is 39.4 Å². The zero-order valence-electron chi connectivity index (χ0n) is 14.6. The summed E-state index contributed by atoms with van der Waals surface area (Å²) < 4.78 is 11.1. The summed E-state index contributed by atoms with van der Waals surface area (Å²) in [5.41, 5.74) is 3.85. The molecule has 3 nitrogen and oxygen atoms in total. The van der Waals surface area contributed by atoms with Crippen molar-refractivity contribution < 1.29 is 13.9 Å². The minimum absolute atomic E-state index is 0.112. The molecule has 124 valence electrons. The first kappa shape index (κ1) is 16.3. The van der Waals surface area contributed by atoms with Gasteiger partial charge in [-0.3, -0.25) is 0 Å². The number of rotatable bonds is 3. The number of carbonyl (C=O) groups is 1. The molecule has 1 aromatic heterocycles. The molecular formula is C21H22O3. The Kier molecular flexibility index (Phi) is 4.18. The lowest BCUT2D eigenvalue weighted by atomic mass is 9.87. The number of hydrogen-bond acceptors (Lipinski definition) is 3. The van der Waals surface area contributed by atoms with Gasteiger partial charge >= 0.3 is 5.97 Å². The molecule has 1 heterocycles. The van der Waals surface area contributed by atoms with Gasteiger partial charge in [-0.05, 0) is 29.5 Å². The zero-order valence-corrected chi connectivity index (χ0v) is 14.6. The van der Waals surface area contributed by atoms with Crippen LogP contribution in [0.3, 0.4) is 0 Å². The largest absolute Gasteiger partial charge is 0.455 e. The van der Waals surface area contributed by atoms with E-state index in [4.69, 9.17) is 9.15 Å². The molecule has 0 bridgehead atoms. The summed E-state index contributed by atoms with van der Waals surface area (Å²) in [5, 5.41) is 0.944. The van der Waals surface area contributed by atoms with Gasteiger partial charge in [0.15, 0.2) is 0 Å². The average Bonchev–Trinajstić information content (AvgIpc) is 2.90. The van der Waals surface area contributed by atoms with Gasteiger partial charge in [0.25, 0.3) is 0 Å². The number of ether oxygens (including phenoxy) is 1. The molecule has 3 aromatic rings. The number of para-hydroxylation sites is 1. The summed E-state index contributed by atoms with van der Waals surface area (Å²) in [5.74, 6) is -0.147. The van der Waals surface area contributed by atoms with Gasteiger partial charge in [0.2, 0.25) is 5.76 Å². The summed E-state index contributed by atoms with van der Waals surface area (Å²) in [6.07, 6.45) is 0. The van der Waals surface area contributed by atoms with E-state index in [0.717, 1.165) is 16.5 Å². The van der Waals surface area contributed by atoms with Crippen LogP contribution in [0.1, 0.15) is 48.0 Å². The highest BCUT2D eigenvalue weighted by atomic mass is 16.5. The second-order valence-corrected chi connectivity index (χ2v) is 7.08. The number of furan rings is 1. The fraction of sp³-hybridized carbons (Fsp3) is 0.286. The van der Waals surface area contributed by atoms with E-state index in [2.05, 4.69) is 32.9 Å². The lowest BCUT2D eigenvalue weighted by Crippen LogP contribution is -2.11. The number of esters is 1. The molecule has 0 unspecified atom stereocenters. The van der Waals surface area contributed by atoms with Crippen LogP contribution in [0.5, 0.6) is 0 Å². The third-order valence-corrected chi connectivity index (χ3v) is 4.22. The van der Waals surface area contributed by atoms with E-state index in [0.29, 0.717) is 5.58 Å². The fourth-order valence-electron chi connectivity index (χ4n) is 2.68. The lowest BCUT2D eigenvalue weighted by Gasteiger charge is -2.19. The van der Waals surface area contributed by atoms with E-state index in [1.165, 1.54) is 5.56 Å². The van der Waals surface area contributed by atoms with Crippen molar-refractivity contribution >= 4 is 16.9 Å². The second kappa shape index (κ2) is 6.16. The smallest absolute Gasteiger partial charge is 0.374 e. The summed E-state index contributed by atoms with van der Waals surface area (Å²) in [6.45, 7) is 8.63. The van der Waals surface area contributed by atoms with Crippen LogP contribution < -0.4 is 0 Å². The fourth-order valence-corrected chi connectivity index (χ4v) is 2.68. The first-order chi connectivity index (χ1) is 11.4. The highest BCUT2D eigenvalue weighted by molar-refractivity contribution is 5.95. The monoisotopic (exact) mass is 322 g/mol. The Morgan fingerprint density at radius 2 is 1.71 bits per heavy atom. The molecule has 0 aliphatic rings. The van der Waals surface area contributed by atoms with E-state index >= 15 is 0 Å². The second-order valence-electron chi connectivity index (χ2n) is 7.08. The molecule has 0 atom stereocenters. The highest BCUT2D eigenvalue weighted by Gasteiger charge is 2.19. The summed E-state index contributed by atoms with van der Waals surface area (Å²) >= 11 is 0. The Morgan fingerprint density at radius 3 is 2.33 bits per heavy atom. The number of aryl methyl sites for hydroxylation is 1. The van der Waals surface area contributed by atoms with Crippen molar-refractivity contribution in [1.82, 2.24) is 0 Å². The van der Waals surface area contributed by atoms with Crippen molar-refractivity contribution in [1.29, 1.82) is 0 Å². The first-order valence-electron chi connectivity index (χ1n) is 8.11. The maximum Gasteiger partial charge on any atom is 0.374 e. The third-order valence-electron chi connectivity index (χ3n) is 4.22.